The second kappa shape index (κ2) is 7.73. The molecule has 0 radical (unpaired) electrons. The standard InChI is InChI=1S/C17H18N2O6S2/c1-8-11(7-25-9(2)20)14(17(23)24)19-15(22)13(16(19)27-8)18-12(21)6-10-4-3-5-26-10/h3-5,8,13,16H,6-7H2,1-2H3,(H,18,21)(H,23,24)/t8-,13?,16-/m0/s1. The first kappa shape index (κ1) is 19.4. The van der Waals surface area contributed by atoms with Crippen LogP contribution in [0, 0.1) is 0 Å². The Kier molecular flexibility index (Phi) is 5.56. The van der Waals surface area contributed by atoms with E-state index in [0.717, 1.165) is 4.88 Å². The van der Waals surface area contributed by atoms with Crippen LogP contribution in [-0.4, -0.2) is 57.0 Å². The monoisotopic (exact) mass is 410 g/mol. The number of thioether (sulfide) groups is 1. The minimum Gasteiger partial charge on any atom is -0.477 e. The second-order valence-corrected chi connectivity index (χ2v) is 8.63. The number of carbonyl (C=O) groups excluding carboxylic acids is 3. The van der Waals surface area contributed by atoms with Gasteiger partial charge in [0.1, 0.15) is 23.7 Å². The molecule has 27 heavy (non-hydrogen) atoms. The minimum absolute atomic E-state index is 0.166. The molecule has 0 aliphatic carbocycles. The predicted molar refractivity (Wildman–Crippen MR) is 98.9 cm³/mol. The second-order valence-electron chi connectivity index (χ2n) is 6.14. The summed E-state index contributed by atoms with van der Waals surface area (Å²) < 4.78 is 4.95. The van der Waals surface area contributed by atoms with E-state index in [4.69, 9.17) is 4.74 Å². The number of hydrogen-bond acceptors (Lipinski definition) is 7. The van der Waals surface area contributed by atoms with Crippen LogP contribution in [-0.2, 0) is 30.3 Å². The molecule has 3 atom stereocenters. The zero-order valence-corrected chi connectivity index (χ0v) is 16.3. The fourth-order valence-electron chi connectivity index (χ4n) is 3.01. The molecular formula is C17H18N2O6S2. The van der Waals surface area contributed by atoms with Gasteiger partial charge in [-0.25, -0.2) is 4.79 Å². The number of aliphatic carboxylic acids is 1. The van der Waals surface area contributed by atoms with Crippen LogP contribution >= 0.6 is 23.1 Å². The molecule has 3 heterocycles. The molecule has 2 aliphatic heterocycles. The maximum absolute atomic E-state index is 12.5. The molecule has 3 rings (SSSR count). The lowest BCUT2D eigenvalue weighted by Crippen LogP contribution is -2.71. The third-order valence-electron chi connectivity index (χ3n) is 4.29. The van der Waals surface area contributed by atoms with Crippen LogP contribution in [0.1, 0.15) is 18.7 Å². The Hall–Kier alpha value is -2.33. The maximum atomic E-state index is 12.5. The fourth-order valence-corrected chi connectivity index (χ4v) is 5.15. The van der Waals surface area contributed by atoms with Gasteiger partial charge in [-0.2, -0.15) is 0 Å². The number of amides is 2. The number of nitrogens with one attached hydrogen (secondary N) is 1. The van der Waals surface area contributed by atoms with Gasteiger partial charge in [-0.05, 0) is 18.4 Å². The molecule has 10 heteroatoms. The number of esters is 1. The Labute approximate surface area is 163 Å². The first-order valence-electron chi connectivity index (χ1n) is 8.19. The molecule has 1 aromatic heterocycles. The molecule has 1 aromatic rings. The lowest BCUT2D eigenvalue weighted by molar-refractivity contribution is -0.151. The number of carbonyl (C=O) groups is 4. The summed E-state index contributed by atoms with van der Waals surface area (Å²) >= 11 is 2.81. The number of hydrogen-bond donors (Lipinski definition) is 2. The first-order chi connectivity index (χ1) is 12.8. The van der Waals surface area contributed by atoms with E-state index in [-0.39, 0.29) is 29.9 Å². The van der Waals surface area contributed by atoms with Gasteiger partial charge >= 0.3 is 11.9 Å². The SMILES string of the molecule is CC(=O)OCC1=C(C(=O)O)N2C(=O)C(NC(=O)Cc3cccs3)[C@@H]2S[C@H]1C. The number of thiophene rings is 1. The average molecular weight is 410 g/mol. The van der Waals surface area contributed by atoms with Crippen molar-refractivity contribution in [3.8, 4) is 0 Å². The summed E-state index contributed by atoms with van der Waals surface area (Å²) in [6.45, 7) is 2.84. The Morgan fingerprint density at radius 3 is 2.70 bits per heavy atom. The first-order valence-corrected chi connectivity index (χ1v) is 10.0. The van der Waals surface area contributed by atoms with E-state index in [1.54, 1.807) is 6.92 Å². The summed E-state index contributed by atoms with van der Waals surface area (Å²) in [6, 6.07) is 2.91. The van der Waals surface area contributed by atoms with Gasteiger partial charge in [0, 0.05) is 22.6 Å². The topological polar surface area (TPSA) is 113 Å². The number of rotatable bonds is 6. The average Bonchev–Trinajstić information content (AvgIpc) is 3.10. The molecule has 1 unspecified atom stereocenters. The fraction of sp³-hybridized carbons (Fsp3) is 0.412. The zero-order valence-electron chi connectivity index (χ0n) is 14.6. The van der Waals surface area contributed by atoms with Crippen LogP contribution in [0.5, 0.6) is 0 Å². The van der Waals surface area contributed by atoms with Crippen molar-refractivity contribution in [1.82, 2.24) is 10.2 Å². The van der Waals surface area contributed by atoms with E-state index in [9.17, 15) is 24.3 Å². The van der Waals surface area contributed by atoms with Crippen molar-refractivity contribution in [2.45, 2.75) is 36.9 Å². The number of ether oxygens (including phenoxy) is 1. The van der Waals surface area contributed by atoms with Gasteiger partial charge in [-0.1, -0.05) is 6.07 Å². The number of nitrogens with zero attached hydrogens (tertiary/aromatic N) is 1. The van der Waals surface area contributed by atoms with Gasteiger partial charge in [-0.15, -0.1) is 23.1 Å². The quantitative estimate of drug-likeness (QED) is 0.531. The Balaban J connectivity index is 1.75. The molecule has 144 valence electrons. The van der Waals surface area contributed by atoms with Gasteiger partial charge in [0.05, 0.1) is 6.42 Å². The highest BCUT2D eigenvalue weighted by Gasteiger charge is 2.55. The van der Waals surface area contributed by atoms with Crippen molar-refractivity contribution in [3.63, 3.8) is 0 Å². The molecule has 1 fully saturated rings. The molecule has 1 saturated heterocycles. The van der Waals surface area contributed by atoms with Gasteiger partial charge < -0.3 is 15.2 Å². The third-order valence-corrected chi connectivity index (χ3v) is 6.62. The summed E-state index contributed by atoms with van der Waals surface area (Å²) in [5.74, 6) is -2.54. The minimum atomic E-state index is -1.26. The molecule has 2 N–H and O–H groups in total. The van der Waals surface area contributed by atoms with Crippen LogP contribution in [0.25, 0.3) is 0 Å². The lowest BCUT2D eigenvalue weighted by Gasteiger charge is -2.51. The molecular weight excluding hydrogens is 392 g/mol. The molecule has 2 amide bonds. The highest BCUT2D eigenvalue weighted by molar-refractivity contribution is 8.00. The summed E-state index contributed by atoms with van der Waals surface area (Å²) in [6.07, 6.45) is 0.174. The maximum Gasteiger partial charge on any atom is 0.352 e. The largest absolute Gasteiger partial charge is 0.477 e. The van der Waals surface area contributed by atoms with Gasteiger partial charge in [0.15, 0.2) is 0 Å². The van der Waals surface area contributed by atoms with Crippen LogP contribution in [0.4, 0.5) is 0 Å². The highest BCUT2D eigenvalue weighted by atomic mass is 32.2. The number of carboxylic acids is 1. The predicted octanol–water partition coefficient (Wildman–Crippen LogP) is 0.981. The Morgan fingerprint density at radius 2 is 2.11 bits per heavy atom. The normalized spacial score (nSPS) is 24.1. The molecule has 8 nitrogen and oxygen atoms in total. The van der Waals surface area contributed by atoms with Crippen LogP contribution in [0.3, 0.4) is 0 Å². The van der Waals surface area contributed by atoms with Crippen molar-refractivity contribution in [3.05, 3.63) is 33.7 Å². The van der Waals surface area contributed by atoms with E-state index in [1.807, 2.05) is 17.5 Å². The van der Waals surface area contributed by atoms with E-state index < -0.39 is 29.3 Å². The van der Waals surface area contributed by atoms with Crippen molar-refractivity contribution >= 4 is 46.9 Å². The summed E-state index contributed by atoms with van der Waals surface area (Å²) in [5, 5.41) is 13.4. The third kappa shape index (κ3) is 3.86. The smallest absolute Gasteiger partial charge is 0.352 e. The molecule has 2 aliphatic rings. The van der Waals surface area contributed by atoms with Crippen LogP contribution < -0.4 is 5.32 Å². The highest BCUT2D eigenvalue weighted by Crippen LogP contribution is 2.44. The van der Waals surface area contributed by atoms with E-state index in [0.29, 0.717) is 5.57 Å². The number of carboxylic acid groups (broad SMARTS) is 1. The van der Waals surface area contributed by atoms with Crippen molar-refractivity contribution in [1.29, 1.82) is 0 Å². The Morgan fingerprint density at radius 1 is 1.37 bits per heavy atom. The number of β-lactam (4-membered cyclic amide) rings is 1. The van der Waals surface area contributed by atoms with E-state index in [1.165, 1.54) is 34.9 Å². The van der Waals surface area contributed by atoms with E-state index in [2.05, 4.69) is 5.32 Å². The van der Waals surface area contributed by atoms with Crippen molar-refractivity contribution < 1.29 is 29.0 Å². The lowest BCUT2D eigenvalue weighted by atomic mass is 10.0. The van der Waals surface area contributed by atoms with Gasteiger partial charge in [0.25, 0.3) is 5.91 Å². The molecule has 0 bridgehead atoms. The number of fused-ring (bicyclic) bond motifs is 1. The Bertz CT molecular complexity index is 819. The van der Waals surface area contributed by atoms with Crippen molar-refractivity contribution in [2.24, 2.45) is 0 Å². The zero-order chi connectivity index (χ0) is 19.7. The molecule has 0 spiro atoms. The summed E-state index contributed by atoms with van der Waals surface area (Å²) in [7, 11) is 0. The summed E-state index contributed by atoms with van der Waals surface area (Å²) in [4.78, 5) is 49.6. The van der Waals surface area contributed by atoms with Crippen molar-refractivity contribution in [2.75, 3.05) is 6.61 Å². The molecule has 0 aromatic carbocycles. The summed E-state index contributed by atoms with van der Waals surface area (Å²) in [5.41, 5.74) is 0.205. The molecule has 0 saturated carbocycles. The van der Waals surface area contributed by atoms with Crippen LogP contribution in [0.2, 0.25) is 0 Å². The van der Waals surface area contributed by atoms with Crippen LogP contribution in [0.15, 0.2) is 28.8 Å². The van der Waals surface area contributed by atoms with E-state index >= 15 is 0 Å². The van der Waals surface area contributed by atoms with Gasteiger partial charge in [-0.3, -0.25) is 19.3 Å². The van der Waals surface area contributed by atoms with Gasteiger partial charge in [0.2, 0.25) is 5.91 Å².